The van der Waals surface area contributed by atoms with Crippen molar-refractivity contribution in [2.45, 2.75) is 13.0 Å². The fourth-order valence-corrected chi connectivity index (χ4v) is 3.34. The average Bonchev–Trinajstić information content (AvgIpc) is 3.25. The highest BCUT2D eigenvalue weighted by atomic mass is 19.1. The van der Waals surface area contributed by atoms with E-state index in [4.69, 9.17) is 4.74 Å². The molecule has 1 aromatic carbocycles. The lowest BCUT2D eigenvalue weighted by Gasteiger charge is -2.11. The van der Waals surface area contributed by atoms with Crippen molar-refractivity contribution in [3.05, 3.63) is 42.6 Å². The van der Waals surface area contributed by atoms with E-state index in [1.807, 2.05) is 18.3 Å². The molecule has 2 aromatic heterocycles. The van der Waals surface area contributed by atoms with Crippen molar-refractivity contribution in [2.75, 3.05) is 20.2 Å². The van der Waals surface area contributed by atoms with E-state index in [2.05, 4.69) is 19.9 Å². The number of benzene rings is 1. The summed E-state index contributed by atoms with van der Waals surface area (Å²) in [5.41, 5.74) is 2.36. The molecule has 1 N–H and O–H groups in total. The summed E-state index contributed by atoms with van der Waals surface area (Å²) in [6, 6.07) is 6.91. The van der Waals surface area contributed by atoms with Gasteiger partial charge in [-0.25, -0.2) is 14.4 Å². The molecule has 5 nitrogen and oxygen atoms in total. The van der Waals surface area contributed by atoms with Crippen molar-refractivity contribution in [1.82, 2.24) is 19.9 Å². The van der Waals surface area contributed by atoms with Gasteiger partial charge in [-0.1, -0.05) is 0 Å². The van der Waals surface area contributed by atoms with E-state index in [0.717, 1.165) is 41.9 Å². The van der Waals surface area contributed by atoms with E-state index in [0.29, 0.717) is 5.92 Å². The molecule has 0 radical (unpaired) electrons. The maximum atomic E-state index is 14.0. The fourth-order valence-electron chi connectivity index (χ4n) is 3.34. The van der Waals surface area contributed by atoms with Gasteiger partial charge >= 0.3 is 0 Å². The second-order valence-corrected chi connectivity index (χ2v) is 6.14. The number of ether oxygens (including phenoxy) is 1. The molecule has 0 saturated carbocycles. The van der Waals surface area contributed by atoms with Crippen LogP contribution in [0.2, 0.25) is 0 Å². The maximum Gasteiger partial charge on any atom is 0.165 e. The number of hydrogen-bond donors (Lipinski definition) is 1. The predicted molar refractivity (Wildman–Crippen MR) is 90.5 cm³/mol. The minimum absolute atomic E-state index is 0.232. The predicted octanol–water partition coefficient (Wildman–Crippen LogP) is 2.86. The molecule has 124 valence electrons. The summed E-state index contributed by atoms with van der Waals surface area (Å²) in [6.07, 6.45) is 4.77. The van der Waals surface area contributed by atoms with Gasteiger partial charge in [0, 0.05) is 23.7 Å². The first-order chi connectivity index (χ1) is 11.8. The number of methoxy groups -OCH3 is 1. The van der Waals surface area contributed by atoms with Crippen molar-refractivity contribution in [3.8, 4) is 17.0 Å². The molecule has 1 atom stereocenters. The minimum atomic E-state index is -0.391. The monoisotopic (exact) mass is 326 g/mol. The van der Waals surface area contributed by atoms with Crippen LogP contribution in [0.5, 0.6) is 5.75 Å². The highest BCUT2D eigenvalue weighted by Crippen LogP contribution is 2.29. The third kappa shape index (κ3) is 2.63. The van der Waals surface area contributed by atoms with Gasteiger partial charge in [-0.05, 0) is 49.7 Å². The average molecular weight is 326 g/mol. The van der Waals surface area contributed by atoms with Gasteiger partial charge in [-0.3, -0.25) is 0 Å². The number of fused-ring (bicyclic) bond motifs is 1. The molecule has 0 bridgehead atoms. The van der Waals surface area contributed by atoms with Gasteiger partial charge in [-0.2, -0.15) is 0 Å². The summed E-state index contributed by atoms with van der Waals surface area (Å²) in [5.74, 6) is 0.464. The van der Waals surface area contributed by atoms with Crippen LogP contribution < -0.4 is 10.1 Å². The van der Waals surface area contributed by atoms with Crippen molar-refractivity contribution >= 4 is 11.0 Å². The SMILES string of the molecule is COc1ccc(-c2ncnc3c2ccn3CC2CCNC2)cc1F. The molecule has 0 spiro atoms. The number of aromatic nitrogens is 3. The summed E-state index contributed by atoms with van der Waals surface area (Å²) in [4.78, 5) is 8.81. The minimum Gasteiger partial charge on any atom is -0.494 e. The zero-order chi connectivity index (χ0) is 16.5. The topological polar surface area (TPSA) is 52.0 Å². The molecule has 0 aliphatic carbocycles. The number of rotatable bonds is 4. The Morgan fingerprint density at radius 2 is 2.25 bits per heavy atom. The van der Waals surface area contributed by atoms with Crippen LogP contribution in [-0.2, 0) is 6.54 Å². The molecule has 1 saturated heterocycles. The maximum absolute atomic E-state index is 14.0. The van der Waals surface area contributed by atoms with Gasteiger partial charge in [0.05, 0.1) is 12.8 Å². The van der Waals surface area contributed by atoms with Crippen LogP contribution in [0.4, 0.5) is 4.39 Å². The van der Waals surface area contributed by atoms with Crippen LogP contribution in [0.25, 0.3) is 22.3 Å². The first kappa shape index (κ1) is 15.1. The summed E-state index contributed by atoms with van der Waals surface area (Å²) in [5, 5.41) is 4.33. The highest BCUT2D eigenvalue weighted by molar-refractivity contribution is 5.90. The second-order valence-electron chi connectivity index (χ2n) is 6.14. The zero-order valence-electron chi connectivity index (χ0n) is 13.5. The van der Waals surface area contributed by atoms with E-state index >= 15 is 0 Å². The molecular weight excluding hydrogens is 307 g/mol. The van der Waals surface area contributed by atoms with Gasteiger partial charge in [0.1, 0.15) is 12.0 Å². The third-order valence-corrected chi connectivity index (χ3v) is 4.60. The van der Waals surface area contributed by atoms with Gasteiger partial charge < -0.3 is 14.6 Å². The molecule has 24 heavy (non-hydrogen) atoms. The van der Waals surface area contributed by atoms with Crippen LogP contribution in [0.1, 0.15) is 6.42 Å². The van der Waals surface area contributed by atoms with Crippen LogP contribution in [0, 0.1) is 11.7 Å². The fraction of sp³-hybridized carbons (Fsp3) is 0.333. The van der Waals surface area contributed by atoms with Crippen molar-refractivity contribution in [1.29, 1.82) is 0 Å². The Labute approximate surface area is 139 Å². The zero-order valence-corrected chi connectivity index (χ0v) is 13.5. The van der Waals surface area contributed by atoms with Gasteiger partial charge in [0.25, 0.3) is 0 Å². The van der Waals surface area contributed by atoms with Crippen LogP contribution in [-0.4, -0.2) is 34.7 Å². The molecule has 1 unspecified atom stereocenters. The highest BCUT2D eigenvalue weighted by Gasteiger charge is 2.17. The van der Waals surface area contributed by atoms with Crippen LogP contribution in [0.3, 0.4) is 0 Å². The summed E-state index contributed by atoms with van der Waals surface area (Å²) >= 11 is 0. The number of nitrogens with zero attached hydrogens (tertiary/aromatic N) is 3. The quantitative estimate of drug-likeness (QED) is 0.801. The van der Waals surface area contributed by atoms with Gasteiger partial charge in [-0.15, -0.1) is 0 Å². The van der Waals surface area contributed by atoms with Crippen molar-refractivity contribution in [3.63, 3.8) is 0 Å². The molecule has 3 heterocycles. The molecule has 0 amide bonds. The van der Waals surface area contributed by atoms with Crippen molar-refractivity contribution in [2.24, 2.45) is 5.92 Å². The summed E-state index contributed by atoms with van der Waals surface area (Å²) in [6.45, 7) is 3.06. The lowest BCUT2D eigenvalue weighted by atomic mass is 10.1. The summed E-state index contributed by atoms with van der Waals surface area (Å²) < 4.78 is 21.2. The number of nitrogens with one attached hydrogen (secondary N) is 1. The molecule has 1 aliphatic rings. The normalized spacial score (nSPS) is 17.5. The van der Waals surface area contributed by atoms with E-state index in [1.165, 1.54) is 19.6 Å². The van der Waals surface area contributed by atoms with E-state index in [9.17, 15) is 4.39 Å². The van der Waals surface area contributed by atoms with E-state index < -0.39 is 5.82 Å². The lowest BCUT2D eigenvalue weighted by Crippen LogP contribution is -2.14. The lowest BCUT2D eigenvalue weighted by molar-refractivity contribution is 0.386. The Kier molecular flexibility index (Phi) is 3.90. The molecule has 4 rings (SSSR count). The standard InChI is InChI=1S/C18H19FN4O/c1-24-16-3-2-13(8-15(16)19)17-14-5-7-23(18(14)22-11-21-17)10-12-4-6-20-9-12/h2-3,5,7-8,11-12,20H,4,6,9-10H2,1H3. The smallest absolute Gasteiger partial charge is 0.165 e. The first-order valence-electron chi connectivity index (χ1n) is 8.10. The Morgan fingerprint density at radius 1 is 1.33 bits per heavy atom. The van der Waals surface area contributed by atoms with E-state index in [-0.39, 0.29) is 5.75 Å². The Morgan fingerprint density at radius 3 is 3.00 bits per heavy atom. The second kappa shape index (κ2) is 6.20. The largest absolute Gasteiger partial charge is 0.494 e. The van der Waals surface area contributed by atoms with E-state index in [1.54, 1.807) is 12.4 Å². The van der Waals surface area contributed by atoms with Gasteiger partial charge in [0.15, 0.2) is 11.6 Å². The number of halogens is 1. The molecule has 6 heteroatoms. The molecular formula is C18H19FN4O. The first-order valence-corrected chi connectivity index (χ1v) is 8.10. The Bertz CT molecular complexity index is 871. The molecule has 3 aromatic rings. The van der Waals surface area contributed by atoms with Crippen LogP contribution >= 0.6 is 0 Å². The Balaban J connectivity index is 1.74. The van der Waals surface area contributed by atoms with Crippen molar-refractivity contribution < 1.29 is 9.13 Å². The van der Waals surface area contributed by atoms with Crippen LogP contribution in [0.15, 0.2) is 36.8 Å². The summed E-state index contributed by atoms with van der Waals surface area (Å²) in [7, 11) is 1.46. The Hall–Kier alpha value is -2.47. The van der Waals surface area contributed by atoms with Gasteiger partial charge in [0.2, 0.25) is 0 Å². The molecule has 1 fully saturated rings. The third-order valence-electron chi connectivity index (χ3n) is 4.60. The number of hydrogen-bond acceptors (Lipinski definition) is 4. The molecule has 1 aliphatic heterocycles.